The van der Waals surface area contributed by atoms with Gasteiger partial charge in [-0.1, -0.05) is 18.2 Å². The number of anilines is 1. The van der Waals surface area contributed by atoms with E-state index in [1.165, 1.54) is 6.07 Å². The number of nitrogens with zero attached hydrogens (tertiary/aromatic N) is 1. The smallest absolute Gasteiger partial charge is 0.131 e. The summed E-state index contributed by atoms with van der Waals surface area (Å²) in [5.74, 6) is -0.248. The van der Waals surface area contributed by atoms with Crippen molar-refractivity contribution in [1.82, 2.24) is 4.98 Å². The Balaban J connectivity index is 2.22. The predicted molar refractivity (Wildman–Crippen MR) is 71.5 cm³/mol. The first kappa shape index (κ1) is 10.7. The van der Waals surface area contributed by atoms with Gasteiger partial charge in [-0.2, -0.15) is 0 Å². The molecule has 3 aromatic rings. The number of halogens is 1. The number of benzene rings is 2. The summed E-state index contributed by atoms with van der Waals surface area (Å²) in [6.45, 7) is 0. The zero-order valence-corrected chi connectivity index (χ0v) is 9.60. The lowest BCUT2D eigenvalue weighted by Gasteiger charge is -2.05. The molecular formula is C15H11FN2. The van der Waals surface area contributed by atoms with E-state index in [0.29, 0.717) is 11.3 Å². The van der Waals surface area contributed by atoms with Gasteiger partial charge in [-0.25, -0.2) is 4.39 Å². The molecule has 0 bridgehead atoms. The van der Waals surface area contributed by atoms with Gasteiger partial charge in [-0.05, 0) is 30.3 Å². The number of nitrogens with two attached hydrogens (primary N) is 1. The summed E-state index contributed by atoms with van der Waals surface area (Å²) in [6, 6.07) is 14.1. The Labute approximate surface area is 104 Å². The predicted octanol–water partition coefficient (Wildman–Crippen LogP) is 3.62. The molecule has 88 valence electrons. The highest BCUT2D eigenvalue weighted by molar-refractivity contribution is 5.86. The van der Waals surface area contributed by atoms with Gasteiger partial charge in [0.1, 0.15) is 5.82 Å². The lowest BCUT2D eigenvalue weighted by molar-refractivity contribution is 0.631. The molecule has 3 heteroatoms. The maximum atomic E-state index is 13.7. The largest absolute Gasteiger partial charge is 0.399 e. The highest BCUT2D eigenvalue weighted by atomic mass is 19.1. The second kappa shape index (κ2) is 4.11. The van der Waals surface area contributed by atoms with Crippen LogP contribution in [-0.4, -0.2) is 4.98 Å². The van der Waals surface area contributed by atoms with Crippen molar-refractivity contribution in [1.29, 1.82) is 0 Å². The third kappa shape index (κ3) is 1.80. The van der Waals surface area contributed by atoms with Crippen LogP contribution in [-0.2, 0) is 0 Å². The Bertz CT molecular complexity index is 723. The van der Waals surface area contributed by atoms with Crippen molar-refractivity contribution in [2.75, 3.05) is 5.73 Å². The third-order valence-electron chi connectivity index (χ3n) is 2.89. The number of nitrogen functional groups attached to an aromatic ring is 1. The molecule has 0 saturated heterocycles. The summed E-state index contributed by atoms with van der Waals surface area (Å²) in [5, 5.41) is 0.913. The van der Waals surface area contributed by atoms with Crippen LogP contribution in [0.1, 0.15) is 0 Å². The van der Waals surface area contributed by atoms with Crippen LogP contribution >= 0.6 is 0 Å². The lowest BCUT2D eigenvalue weighted by Crippen LogP contribution is -1.88. The zero-order valence-electron chi connectivity index (χ0n) is 9.60. The molecular weight excluding hydrogens is 227 g/mol. The van der Waals surface area contributed by atoms with E-state index in [-0.39, 0.29) is 5.82 Å². The molecule has 0 saturated carbocycles. The van der Waals surface area contributed by atoms with Crippen LogP contribution in [0.25, 0.3) is 22.0 Å². The molecule has 0 spiro atoms. The molecule has 2 aromatic carbocycles. The standard InChI is InChI=1S/C15H11FN2/c16-14-4-2-1-3-13(14)11-7-10-8-12(17)5-6-15(10)18-9-11/h1-9H,17H2. The first-order valence-corrected chi connectivity index (χ1v) is 5.64. The van der Waals surface area contributed by atoms with E-state index in [4.69, 9.17) is 5.73 Å². The van der Waals surface area contributed by atoms with E-state index in [1.807, 2.05) is 24.3 Å². The fourth-order valence-electron chi connectivity index (χ4n) is 1.99. The minimum absolute atomic E-state index is 0.248. The van der Waals surface area contributed by atoms with Crippen LogP contribution in [0.15, 0.2) is 54.7 Å². The number of hydrogen-bond acceptors (Lipinski definition) is 2. The first-order valence-electron chi connectivity index (χ1n) is 5.64. The second-order valence-corrected chi connectivity index (χ2v) is 4.16. The Kier molecular flexibility index (Phi) is 2.45. The van der Waals surface area contributed by atoms with E-state index in [0.717, 1.165) is 16.5 Å². The SMILES string of the molecule is Nc1ccc2ncc(-c3ccccc3F)cc2c1. The van der Waals surface area contributed by atoms with Crippen molar-refractivity contribution in [2.45, 2.75) is 0 Å². The van der Waals surface area contributed by atoms with Gasteiger partial charge in [0, 0.05) is 28.4 Å². The van der Waals surface area contributed by atoms with Crippen LogP contribution < -0.4 is 5.73 Å². The molecule has 2 nitrogen and oxygen atoms in total. The molecule has 1 aromatic heterocycles. The summed E-state index contributed by atoms with van der Waals surface area (Å²) >= 11 is 0. The zero-order chi connectivity index (χ0) is 12.5. The van der Waals surface area contributed by atoms with Crippen molar-refractivity contribution in [2.24, 2.45) is 0 Å². The third-order valence-corrected chi connectivity index (χ3v) is 2.89. The van der Waals surface area contributed by atoms with Crippen molar-refractivity contribution in [3.8, 4) is 11.1 Å². The lowest BCUT2D eigenvalue weighted by atomic mass is 10.0. The molecule has 2 N–H and O–H groups in total. The Morgan fingerprint density at radius 3 is 2.67 bits per heavy atom. The summed E-state index contributed by atoms with van der Waals surface area (Å²) in [6.07, 6.45) is 1.68. The van der Waals surface area contributed by atoms with E-state index < -0.39 is 0 Å². The quantitative estimate of drug-likeness (QED) is 0.657. The molecule has 0 radical (unpaired) electrons. The summed E-state index contributed by atoms with van der Waals surface area (Å²) in [7, 11) is 0. The van der Waals surface area contributed by atoms with Gasteiger partial charge in [0.25, 0.3) is 0 Å². The first-order chi connectivity index (χ1) is 8.74. The van der Waals surface area contributed by atoms with Gasteiger partial charge >= 0.3 is 0 Å². The number of aromatic nitrogens is 1. The Morgan fingerprint density at radius 1 is 1.00 bits per heavy atom. The van der Waals surface area contributed by atoms with Crippen LogP contribution in [0.5, 0.6) is 0 Å². The molecule has 0 aliphatic rings. The van der Waals surface area contributed by atoms with Crippen LogP contribution in [0, 0.1) is 5.82 Å². The maximum absolute atomic E-state index is 13.7. The Hall–Kier alpha value is -2.42. The van der Waals surface area contributed by atoms with Crippen LogP contribution in [0.2, 0.25) is 0 Å². The molecule has 1 heterocycles. The number of hydrogen-bond donors (Lipinski definition) is 1. The second-order valence-electron chi connectivity index (χ2n) is 4.16. The van der Waals surface area contributed by atoms with E-state index >= 15 is 0 Å². The van der Waals surface area contributed by atoms with Crippen molar-refractivity contribution in [3.05, 3.63) is 60.5 Å². The summed E-state index contributed by atoms with van der Waals surface area (Å²) in [5.41, 5.74) is 8.57. The number of fused-ring (bicyclic) bond motifs is 1. The van der Waals surface area contributed by atoms with Crippen LogP contribution in [0.4, 0.5) is 10.1 Å². The molecule has 0 amide bonds. The minimum Gasteiger partial charge on any atom is -0.399 e. The topological polar surface area (TPSA) is 38.9 Å². The number of rotatable bonds is 1. The summed E-state index contributed by atoms with van der Waals surface area (Å²) < 4.78 is 13.7. The highest BCUT2D eigenvalue weighted by Gasteiger charge is 2.05. The van der Waals surface area contributed by atoms with E-state index in [2.05, 4.69) is 4.98 Å². The molecule has 0 fully saturated rings. The van der Waals surface area contributed by atoms with Gasteiger partial charge in [-0.15, -0.1) is 0 Å². The minimum atomic E-state index is -0.248. The molecule has 0 unspecified atom stereocenters. The highest BCUT2D eigenvalue weighted by Crippen LogP contribution is 2.25. The molecule has 0 atom stereocenters. The fraction of sp³-hybridized carbons (Fsp3) is 0. The molecule has 0 aliphatic heterocycles. The Morgan fingerprint density at radius 2 is 1.83 bits per heavy atom. The molecule has 0 aliphatic carbocycles. The van der Waals surface area contributed by atoms with Gasteiger partial charge in [0.15, 0.2) is 0 Å². The number of pyridine rings is 1. The van der Waals surface area contributed by atoms with Gasteiger partial charge in [0.2, 0.25) is 0 Å². The summed E-state index contributed by atoms with van der Waals surface area (Å²) in [4.78, 5) is 4.32. The van der Waals surface area contributed by atoms with E-state index in [9.17, 15) is 4.39 Å². The normalized spacial score (nSPS) is 10.7. The van der Waals surface area contributed by atoms with Crippen molar-refractivity contribution >= 4 is 16.6 Å². The van der Waals surface area contributed by atoms with Crippen molar-refractivity contribution in [3.63, 3.8) is 0 Å². The fourth-order valence-corrected chi connectivity index (χ4v) is 1.99. The van der Waals surface area contributed by atoms with Crippen LogP contribution in [0.3, 0.4) is 0 Å². The maximum Gasteiger partial charge on any atom is 0.131 e. The molecule has 3 rings (SSSR count). The van der Waals surface area contributed by atoms with Crippen molar-refractivity contribution < 1.29 is 4.39 Å². The van der Waals surface area contributed by atoms with Gasteiger partial charge in [0.05, 0.1) is 5.52 Å². The van der Waals surface area contributed by atoms with Gasteiger partial charge in [-0.3, -0.25) is 4.98 Å². The van der Waals surface area contributed by atoms with E-state index in [1.54, 1.807) is 24.4 Å². The monoisotopic (exact) mass is 238 g/mol. The average molecular weight is 238 g/mol. The average Bonchev–Trinajstić information content (AvgIpc) is 2.38. The molecule has 18 heavy (non-hydrogen) atoms. The van der Waals surface area contributed by atoms with Gasteiger partial charge < -0.3 is 5.73 Å².